The number of piperidine rings is 1. The van der Waals surface area contributed by atoms with Crippen molar-refractivity contribution in [2.24, 2.45) is 0 Å². The fourth-order valence-corrected chi connectivity index (χ4v) is 5.77. The van der Waals surface area contributed by atoms with Crippen LogP contribution in [-0.4, -0.2) is 28.5 Å². The van der Waals surface area contributed by atoms with Crippen LogP contribution in [0.1, 0.15) is 39.9 Å². The number of rotatable bonds is 4. The van der Waals surface area contributed by atoms with Gasteiger partial charge in [0.2, 0.25) is 0 Å². The van der Waals surface area contributed by atoms with E-state index in [-0.39, 0.29) is 17.3 Å². The number of hydrogen-bond donors (Lipinski definition) is 0. The fraction of sp³-hybridized carbons (Fsp3) is 0.276. The molecule has 0 radical (unpaired) electrons. The summed E-state index contributed by atoms with van der Waals surface area (Å²) in [6, 6.07) is 20.8. The Labute approximate surface area is 208 Å². The van der Waals surface area contributed by atoms with Gasteiger partial charge in [-0.2, -0.15) is 0 Å². The summed E-state index contributed by atoms with van der Waals surface area (Å²) in [5.74, 6) is -0.195. The predicted molar refractivity (Wildman–Crippen MR) is 135 cm³/mol. The molecule has 4 aromatic rings. The van der Waals surface area contributed by atoms with Crippen molar-refractivity contribution < 1.29 is 13.9 Å². The van der Waals surface area contributed by atoms with Crippen LogP contribution in [0, 0.1) is 5.82 Å². The highest BCUT2D eigenvalue weighted by Crippen LogP contribution is 2.44. The van der Waals surface area contributed by atoms with Crippen molar-refractivity contribution in [3.05, 3.63) is 106 Å². The zero-order valence-corrected chi connectivity index (χ0v) is 20.1. The van der Waals surface area contributed by atoms with Gasteiger partial charge in [0.15, 0.2) is 0 Å². The maximum Gasteiger partial charge on any atom is 0.256 e. The summed E-state index contributed by atoms with van der Waals surface area (Å²) in [7, 11) is 0. The summed E-state index contributed by atoms with van der Waals surface area (Å²) in [6.45, 7) is 2.48. The summed E-state index contributed by atoms with van der Waals surface area (Å²) in [5.41, 5.74) is 4.44. The molecule has 6 rings (SSSR count). The van der Waals surface area contributed by atoms with Crippen LogP contribution in [0.3, 0.4) is 0 Å². The van der Waals surface area contributed by atoms with E-state index < -0.39 is 0 Å². The minimum Gasteiger partial charge on any atom is -0.365 e. The molecule has 0 unspecified atom stereocenters. The van der Waals surface area contributed by atoms with Crippen molar-refractivity contribution in [3.8, 4) is 0 Å². The minimum atomic E-state index is -0.283. The Morgan fingerprint density at radius 2 is 1.80 bits per heavy atom. The maximum atomic E-state index is 14.2. The second kappa shape index (κ2) is 8.81. The molecule has 1 amide bonds. The number of halogens is 2. The number of nitrogens with zero attached hydrogens (tertiary/aromatic N) is 2. The largest absolute Gasteiger partial charge is 0.365 e. The molecule has 35 heavy (non-hydrogen) atoms. The molecule has 6 heteroatoms. The standard InChI is InChI=1S/C29H26ClFN2O2/c30-22-9-10-23-24(18-33(27(23)17-22)14-11-20-5-2-4-8-26(20)31)28(34)32-15-12-29(13-16-32)25-7-3-1-6-21(25)19-35-29/h1-10,17-18H,11-16,19H2. The Morgan fingerprint density at radius 1 is 1.03 bits per heavy atom. The SMILES string of the molecule is O=C(c1cn(CCc2ccccc2F)c2cc(Cl)ccc12)N1CCC2(CC1)OCc1ccccc12. The zero-order valence-electron chi connectivity index (χ0n) is 19.3. The number of aromatic nitrogens is 1. The van der Waals surface area contributed by atoms with Crippen molar-refractivity contribution in [3.63, 3.8) is 0 Å². The molecule has 2 aliphatic rings. The fourth-order valence-electron chi connectivity index (χ4n) is 5.60. The second-order valence-electron chi connectivity index (χ2n) is 9.47. The number of benzene rings is 3. The predicted octanol–water partition coefficient (Wildman–Crippen LogP) is 6.34. The van der Waals surface area contributed by atoms with Gasteiger partial charge >= 0.3 is 0 Å². The molecule has 4 nitrogen and oxygen atoms in total. The Bertz CT molecular complexity index is 1420. The molecule has 1 saturated heterocycles. The third kappa shape index (κ3) is 3.93. The summed E-state index contributed by atoms with van der Waals surface area (Å²) >= 11 is 6.30. The van der Waals surface area contributed by atoms with Crippen LogP contribution in [0.5, 0.6) is 0 Å². The highest BCUT2D eigenvalue weighted by atomic mass is 35.5. The molecule has 1 fully saturated rings. The highest BCUT2D eigenvalue weighted by Gasteiger charge is 2.43. The van der Waals surface area contributed by atoms with Crippen molar-refractivity contribution >= 4 is 28.4 Å². The molecule has 0 aliphatic carbocycles. The van der Waals surface area contributed by atoms with Crippen LogP contribution in [-0.2, 0) is 29.9 Å². The number of fused-ring (bicyclic) bond motifs is 3. The van der Waals surface area contributed by atoms with Gasteiger partial charge in [0.05, 0.1) is 23.3 Å². The van der Waals surface area contributed by atoms with E-state index in [1.54, 1.807) is 12.1 Å². The lowest BCUT2D eigenvalue weighted by Crippen LogP contribution is -2.45. The lowest BCUT2D eigenvalue weighted by molar-refractivity contribution is -0.0741. The quantitative estimate of drug-likeness (QED) is 0.336. The lowest BCUT2D eigenvalue weighted by Gasteiger charge is -2.39. The molecule has 0 atom stereocenters. The van der Waals surface area contributed by atoms with Gasteiger partial charge < -0.3 is 14.2 Å². The van der Waals surface area contributed by atoms with Crippen LogP contribution in [0.2, 0.25) is 5.02 Å². The Morgan fingerprint density at radius 3 is 2.63 bits per heavy atom. The number of carbonyl (C=O) groups is 1. The van der Waals surface area contributed by atoms with E-state index in [4.69, 9.17) is 16.3 Å². The van der Waals surface area contributed by atoms with Gasteiger partial charge in [0, 0.05) is 36.2 Å². The van der Waals surface area contributed by atoms with Gasteiger partial charge in [-0.05, 0) is 54.2 Å². The van der Waals surface area contributed by atoms with Crippen molar-refractivity contribution in [2.45, 2.75) is 38.0 Å². The van der Waals surface area contributed by atoms with Crippen LogP contribution in [0.15, 0.2) is 72.9 Å². The highest BCUT2D eigenvalue weighted by molar-refractivity contribution is 6.31. The van der Waals surface area contributed by atoms with Gasteiger partial charge in [0.25, 0.3) is 5.91 Å². The van der Waals surface area contributed by atoms with E-state index in [1.165, 1.54) is 17.2 Å². The molecule has 2 aliphatic heterocycles. The number of hydrogen-bond acceptors (Lipinski definition) is 2. The maximum absolute atomic E-state index is 14.2. The van der Waals surface area contributed by atoms with E-state index in [2.05, 4.69) is 18.2 Å². The van der Waals surface area contributed by atoms with Crippen molar-refractivity contribution in [2.75, 3.05) is 13.1 Å². The topological polar surface area (TPSA) is 34.5 Å². The number of amides is 1. The second-order valence-corrected chi connectivity index (χ2v) is 9.91. The number of aryl methyl sites for hydroxylation is 2. The first-order valence-corrected chi connectivity index (χ1v) is 12.5. The molecule has 0 N–H and O–H groups in total. The first kappa shape index (κ1) is 22.3. The molecule has 3 aromatic carbocycles. The first-order chi connectivity index (χ1) is 17.0. The number of ether oxygens (including phenoxy) is 1. The molecule has 1 aromatic heterocycles. The molecule has 1 spiro atoms. The van der Waals surface area contributed by atoms with Crippen molar-refractivity contribution in [1.29, 1.82) is 0 Å². The Hall–Kier alpha value is -3.15. The van der Waals surface area contributed by atoms with Gasteiger partial charge in [-0.25, -0.2) is 4.39 Å². The smallest absolute Gasteiger partial charge is 0.256 e. The number of likely N-dealkylation sites (tertiary alicyclic amines) is 1. The van der Waals surface area contributed by atoms with Gasteiger partial charge in [-0.1, -0.05) is 60.1 Å². The third-order valence-electron chi connectivity index (χ3n) is 7.53. The van der Waals surface area contributed by atoms with Gasteiger partial charge in [-0.15, -0.1) is 0 Å². The van der Waals surface area contributed by atoms with Crippen LogP contribution in [0.4, 0.5) is 4.39 Å². The van der Waals surface area contributed by atoms with Crippen LogP contribution < -0.4 is 0 Å². The van der Waals surface area contributed by atoms with E-state index in [0.717, 1.165) is 23.7 Å². The van der Waals surface area contributed by atoms with E-state index >= 15 is 0 Å². The summed E-state index contributed by atoms with van der Waals surface area (Å²) < 4.78 is 22.4. The third-order valence-corrected chi connectivity index (χ3v) is 7.76. The summed E-state index contributed by atoms with van der Waals surface area (Å²) in [4.78, 5) is 15.6. The summed E-state index contributed by atoms with van der Waals surface area (Å²) in [6.07, 6.45) is 4.00. The summed E-state index contributed by atoms with van der Waals surface area (Å²) in [5, 5.41) is 1.48. The molecular formula is C29H26ClFN2O2. The number of carbonyl (C=O) groups excluding carboxylic acids is 1. The van der Waals surface area contributed by atoms with Crippen molar-refractivity contribution in [1.82, 2.24) is 9.47 Å². The molecule has 0 saturated carbocycles. The van der Waals surface area contributed by atoms with Gasteiger partial charge in [0.1, 0.15) is 5.82 Å². The average molecular weight is 489 g/mol. The van der Waals surface area contributed by atoms with E-state index in [1.807, 2.05) is 46.0 Å². The van der Waals surface area contributed by atoms with Crippen LogP contribution in [0.25, 0.3) is 10.9 Å². The normalized spacial score (nSPS) is 16.7. The zero-order chi connectivity index (χ0) is 24.0. The molecule has 178 valence electrons. The molecule has 3 heterocycles. The monoisotopic (exact) mass is 488 g/mol. The Kier molecular flexibility index (Phi) is 5.62. The molecular weight excluding hydrogens is 463 g/mol. The van der Waals surface area contributed by atoms with Gasteiger partial charge in [-0.3, -0.25) is 4.79 Å². The van der Waals surface area contributed by atoms with Crippen LogP contribution >= 0.6 is 11.6 Å². The van der Waals surface area contributed by atoms with E-state index in [9.17, 15) is 9.18 Å². The Balaban J connectivity index is 1.25. The first-order valence-electron chi connectivity index (χ1n) is 12.1. The van der Waals surface area contributed by atoms with E-state index in [0.29, 0.717) is 48.8 Å². The lowest BCUT2D eigenvalue weighted by atomic mass is 9.83. The average Bonchev–Trinajstić information content (AvgIpc) is 3.42. The minimum absolute atomic E-state index is 0.0168. The molecule has 0 bridgehead atoms.